The van der Waals surface area contributed by atoms with E-state index in [9.17, 15) is 14.9 Å². The lowest BCUT2D eigenvalue weighted by molar-refractivity contribution is -0.384. The van der Waals surface area contributed by atoms with E-state index in [1.165, 1.54) is 25.3 Å². The van der Waals surface area contributed by atoms with Crippen molar-refractivity contribution < 1.29 is 14.5 Å². The molecule has 1 heterocycles. The second-order valence-electron chi connectivity index (χ2n) is 4.19. The van der Waals surface area contributed by atoms with E-state index in [0.29, 0.717) is 0 Å². The molecular formula is C14H13N3O4. The summed E-state index contributed by atoms with van der Waals surface area (Å²) in [4.78, 5) is 26.3. The molecule has 0 aliphatic rings. The fraction of sp³-hybridized carbons (Fsp3) is 0.143. The molecule has 0 spiro atoms. The number of rotatable bonds is 5. The lowest BCUT2D eigenvalue weighted by Gasteiger charge is -2.09. The normalized spacial score (nSPS) is 9.95. The topological polar surface area (TPSA) is 94.4 Å². The molecule has 108 valence electrons. The first-order valence-electron chi connectivity index (χ1n) is 6.11. The number of carbonyl (C=O) groups is 1. The Labute approximate surface area is 120 Å². The highest BCUT2D eigenvalue weighted by molar-refractivity contribution is 5.97. The van der Waals surface area contributed by atoms with Crippen LogP contribution in [0.15, 0.2) is 42.7 Å². The number of non-ortho nitro benzene ring substituents is 1. The van der Waals surface area contributed by atoms with Gasteiger partial charge in [0.2, 0.25) is 0 Å². The quantitative estimate of drug-likeness (QED) is 0.669. The Balaban J connectivity index is 2.17. The molecule has 0 saturated carbocycles. The molecule has 1 amide bonds. The van der Waals surface area contributed by atoms with Crippen molar-refractivity contribution in [1.82, 2.24) is 10.3 Å². The number of aromatic nitrogens is 1. The third kappa shape index (κ3) is 3.53. The molecule has 7 nitrogen and oxygen atoms in total. The van der Waals surface area contributed by atoms with Crippen LogP contribution in [0.25, 0.3) is 0 Å². The summed E-state index contributed by atoms with van der Waals surface area (Å²) >= 11 is 0. The predicted molar refractivity (Wildman–Crippen MR) is 75.1 cm³/mol. The molecule has 0 aliphatic carbocycles. The Morgan fingerprint density at radius 2 is 2.24 bits per heavy atom. The van der Waals surface area contributed by atoms with E-state index in [4.69, 9.17) is 4.74 Å². The standard InChI is InChI=1S/C14H13N3O4/c1-21-13-5-4-11(17(19)20)7-12(13)14(18)16-9-10-3-2-6-15-8-10/h2-8H,9H2,1H3,(H,16,18). The number of pyridine rings is 1. The SMILES string of the molecule is COc1ccc([N+](=O)[O-])cc1C(=O)NCc1cccnc1. The number of ether oxygens (including phenoxy) is 1. The number of hydrogen-bond acceptors (Lipinski definition) is 5. The van der Waals surface area contributed by atoms with Crippen LogP contribution in [-0.2, 0) is 6.54 Å². The number of methoxy groups -OCH3 is 1. The van der Waals surface area contributed by atoms with Gasteiger partial charge in [-0.2, -0.15) is 0 Å². The highest BCUT2D eigenvalue weighted by Gasteiger charge is 2.17. The Kier molecular flexibility index (Phi) is 4.45. The van der Waals surface area contributed by atoms with Crippen LogP contribution in [0.1, 0.15) is 15.9 Å². The molecule has 0 atom stereocenters. The summed E-state index contributed by atoms with van der Waals surface area (Å²) in [6.45, 7) is 0.276. The van der Waals surface area contributed by atoms with Gasteiger partial charge in [0.05, 0.1) is 17.6 Å². The van der Waals surface area contributed by atoms with Gasteiger partial charge in [-0.05, 0) is 17.7 Å². The maximum Gasteiger partial charge on any atom is 0.270 e. The van der Waals surface area contributed by atoms with E-state index in [2.05, 4.69) is 10.3 Å². The number of amides is 1. The van der Waals surface area contributed by atoms with Crippen molar-refractivity contribution >= 4 is 11.6 Å². The van der Waals surface area contributed by atoms with Gasteiger partial charge in [0.15, 0.2) is 0 Å². The first kappa shape index (κ1) is 14.4. The first-order valence-corrected chi connectivity index (χ1v) is 6.11. The van der Waals surface area contributed by atoms with Gasteiger partial charge >= 0.3 is 0 Å². The predicted octanol–water partition coefficient (Wildman–Crippen LogP) is 1.93. The van der Waals surface area contributed by atoms with Gasteiger partial charge in [-0.3, -0.25) is 19.9 Å². The summed E-state index contributed by atoms with van der Waals surface area (Å²) in [5.74, 6) is -0.163. The molecule has 2 aromatic rings. The van der Waals surface area contributed by atoms with Gasteiger partial charge in [0.25, 0.3) is 11.6 Å². The van der Waals surface area contributed by atoms with Crippen LogP contribution in [0, 0.1) is 10.1 Å². The summed E-state index contributed by atoms with van der Waals surface area (Å²) < 4.78 is 5.06. The number of hydrogen-bond donors (Lipinski definition) is 1. The van der Waals surface area contributed by atoms with Gasteiger partial charge in [-0.25, -0.2) is 0 Å². The second kappa shape index (κ2) is 6.47. The van der Waals surface area contributed by atoms with Crippen LogP contribution in [0.5, 0.6) is 5.75 Å². The molecule has 0 radical (unpaired) electrons. The van der Waals surface area contributed by atoms with E-state index >= 15 is 0 Å². The summed E-state index contributed by atoms with van der Waals surface area (Å²) in [6, 6.07) is 7.46. The molecule has 0 unspecified atom stereocenters. The van der Waals surface area contributed by atoms with Crippen LogP contribution in [0.4, 0.5) is 5.69 Å². The number of carbonyl (C=O) groups excluding carboxylic acids is 1. The minimum Gasteiger partial charge on any atom is -0.496 e. The third-order valence-electron chi connectivity index (χ3n) is 2.81. The van der Waals surface area contributed by atoms with Crippen molar-refractivity contribution in [3.8, 4) is 5.75 Å². The van der Waals surface area contributed by atoms with Gasteiger partial charge in [0.1, 0.15) is 5.75 Å². The molecule has 0 fully saturated rings. The molecule has 21 heavy (non-hydrogen) atoms. The van der Waals surface area contributed by atoms with E-state index < -0.39 is 10.8 Å². The number of nitro groups is 1. The Morgan fingerprint density at radius 1 is 1.43 bits per heavy atom. The molecule has 0 saturated heterocycles. The van der Waals surface area contributed by atoms with Crippen molar-refractivity contribution in [2.24, 2.45) is 0 Å². The van der Waals surface area contributed by atoms with E-state index in [-0.39, 0.29) is 23.5 Å². The second-order valence-corrected chi connectivity index (χ2v) is 4.19. The molecule has 1 aromatic carbocycles. The van der Waals surface area contributed by atoms with Crippen LogP contribution in [0.2, 0.25) is 0 Å². The third-order valence-corrected chi connectivity index (χ3v) is 2.81. The van der Waals surface area contributed by atoms with Crippen LogP contribution in [-0.4, -0.2) is 22.9 Å². The van der Waals surface area contributed by atoms with Crippen molar-refractivity contribution in [2.45, 2.75) is 6.54 Å². The number of benzene rings is 1. The first-order chi connectivity index (χ1) is 10.1. The minimum absolute atomic E-state index is 0.121. The van der Waals surface area contributed by atoms with Gasteiger partial charge in [-0.15, -0.1) is 0 Å². The smallest absolute Gasteiger partial charge is 0.270 e. The Hall–Kier alpha value is -2.96. The number of nitro benzene ring substituents is 1. The van der Waals surface area contributed by atoms with E-state index in [0.717, 1.165) is 5.56 Å². The molecule has 1 N–H and O–H groups in total. The summed E-state index contributed by atoms with van der Waals surface area (Å²) in [5.41, 5.74) is 0.785. The Bertz CT molecular complexity index is 659. The van der Waals surface area contributed by atoms with Crippen LogP contribution >= 0.6 is 0 Å². The molecular weight excluding hydrogens is 274 g/mol. The summed E-state index contributed by atoms with van der Waals surface area (Å²) in [7, 11) is 1.40. The number of nitrogens with one attached hydrogen (secondary N) is 1. The van der Waals surface area contributed by atoms with Crippen molar-refractivity contribution in [1.29, 1.82) is 0 Å². The lowest BCUT2D eigenvalue weighted by atomic mass is 10.1. The van der Waals surface area contributed by atoms with Crippen molar-refractivity contribution in [3.05, 3.63) is 64.0 Å². The lowest BCUT2D eigenvalue weighted by Crippen LogP contribution is -2.23. The molecule has 7 heteroatoms. The van der Waals surface area contributed by atoms with Gasteiger partial charge in [-0.1, -0.05) is 6.07 Å². The Morgan fingerprint density at radius 3 is 2.86 bits per heavy atom. The number of nitrogens with zero attached hydrogens (tertiary/aromatic N) is 2. The van der Waals surface area contributed by atoms with Crippen LogP contribution < -0.4 is 10.1 Å². The average Bonchev–Trinajstić information content (AvgIpc) is 2.52. The van der Waals surface area contributed by atoms with E-state index in [1.54, 1.807) is 18.5 Å². The zero-order valence-corrected chi connectivity index (χ0v) is 11.3. The maximum atomic E-state index is 12.1. The van der Waals surface area contributed by atoms with Gasteiger partial charge in [0, 0.05) is 31.1 Å². The van der Waals surface area contributed by atoms with Gasteiger partial charge < -0.3 is 10.1 Å². The zero-order valence-electron chi connectivity index (χ0n) is 11.3. The fourth-order valence-electron chi connectivity index (χ4n) is 1.77. The maximum absolute atomic E-state index is 12.1. The minimum atomic E-state index is -0.558. The molecule has 2 rings (SSSR count). The molecule has 0 aliphatic heterocycles. The van der Waals surface area contributed by atoms with Crippen molar-refractivity contribution in [3.63, 3.8) is 0 Å². The summed E-state index contributed by atoms with van der Waals surface area (Å²) in [6.07, 6.45) is 3.26. The monoisotopic (exact) mass is 287 g/mol. The molecule has 0 bridgehead atoms. The fourth-order valence-corrected chi connectivity index (χ4v) is 1.77. The summed E-state index contributed by atoms with van der Waals surface area (Å²) in [5, 5.41) is 13.5. The van der Waals surface area contributed by atoms with Crippen molar-refractivity contribution in [2.75, 3.05) is 7.11 Å². The zero-order chi connectivity index (χ0) is 15.2. The largest absolute Gasteiger partial charge is 0.496 e. The highest BCUT2D eigenvalue weighted by atomic mass is 16.6. The average molecular weight is 287 g/mol. The van der Waals surface area contributed by atoms with E-state index in [1.807, 2.05) is 6.07 Å². The highest BCUT2D eigenvalue weighted by Crippen LogP contribution is 2.23. The van der Waals surface area contributed by atoms with Crippen LogP contribution in [0.3, 0.4) is 0 Å². The molecule has 1 aromatic heterocycles.